The Hall–Kier alpha value is -1.67. The summed E-state index contributed by atoms with van der Waals surface area (Å²) in [6.45, 7) is 2.25. The molecule has 1 aliphatic heterocycles. The lowest BCUT2D eigenvalue weighted by molar-refractivity contribution is -0.117. The number of nitrogens with zero attached hydrogens (tertiary/aromatic N) is 2. The quantitative estimate of drug-likeness (QED) is 0.900. The van der Waals surface area contributed by atoms with E-state index in [4.69, 9.17) is 0 Å². The fraction of sp³-hybridized carbons (Fsp3) is 0.417. The first-order chi connectivity index (χ1) is 9.26. The molecular weight excluding hydrogens is 285 g/mol. The Morgan fingerprint density at radius 3 is 2.60 bits per heavy atom. The van der Waals surface area contributed by atoms with Gasteiger partial charge in [-0.3, -0.25) is 9.52 Å². The maximum absolute atomic E-state index is 14.0. The maximum atomic E-state index is 14.0. The number of hydrogen-bond acceptors (Lipinski definition) is 3. The van der Waals surface area contributed by atoms with E-state index in [0.717, 1.165) is 4.31 Å². The van der Waals surface area contributed by atoms with Gasteiger partial charge < -0.3 is 4.90 Å². The first-order valence-electron chi connectivity index (χ1n) is 6.09. The van der Waals surface area contributed by atoms with E-state index in [1.807, 2.05) is 0 Å². The molecule has 0 bridgehead atoms. The van der Waals surface area contributed by atoms with Gasteiger partial charge in [-0.25, -0.2) is 4.39 Å². The Morgan fingerprint density at radius 1 is 1.40 bits per heavy atom. The summed E-state index contributed by atoms with van der Waals surface area (Å²) in [5.41, 5.74) is 0.973. The zero-order valence-corrected chi connectivity index (χ0v) is 12.3. The van der Waals surface area contributed by atoms with Crippen molar-refractivity contribution in [1.29, 1.82) is 0 Å². The molecule has 1 heterocycles. The normalized spacial score (nSPS) is 14.8. The summed E-state index contributed by atoms with van der Waals surface area (Å²) < 4.78 is 40.5. The van der Waals surface area contributed by atoms with E-state index in [0.29, 0.717) is 17.8 Å². The van der Waals surface area contributed by atoms with Crippen LogP contribution in [0.15, 0.2) is 12.1 Å². The van der Waals surface area contributed by atoms with Crippen molar-refractivity contribution in [3.05, 3.63) is 23.5 Å². The van der Waals surface area contributed by atoms with E-state index in [1.54, 1.807) is 6.92 Å². The van der Waals surface area contributed by atoms with Crippen LogP contribution < -0.4 is 9.62 Å². The molecule has 0 saturated heterocycles. The molecule has 1 N–H and O–H groups in total. The number of carbonyl (C=O) groups excluding carboxylic acids is 1. The van der Waals surface area contributed by atoms with Gasteiger partial charge in [0.15, 0.2) is 0 Å². The predicted octanol–water partition coefficient (Wildman–Crippen LogP) is 0.953. The molecule has 0 aliphatic carbocycles. The van der Waals surface area contributed by atoms with Gasteiger partial charge in [0.25, 0.3) is 0 Å². The molecule has 110 valence electrons. The molecule has 0 atom stereocenters. The molecule has 0 spiro atoms. The third kappa shape index (κ3) is 2.48. The number of fused-ring (bicyclic) bond motifs is 1. The van der Waals surface area contributed by atoms with E-state index in [9.17, 15) is 17.6 Å². The van der Waals surface area contributed by atoms with Crippen LogP contribution in [0.2, 0.25) is 0 Å². The largest absolute Gasteiger partial charge is 0.312 e. The Balaban J connectivity index is 2.41. The molecule has 1 aromatic rings. The van der Waals surface area contributed by atoms with Gasteiger partial charge in [0.1, 0.15) is 5.82 Å². The number of benzene rings is 1. The summed E-state index contributed by atoms with van der Waals surface area (Å²) >= 11 is 0. The Bertz CT molecular complexity index is 658. The zero-order chi connectivity index (χ0) is 15.1. The summed E-state index contributed by atoms with van der Waals surface area (Å²) in [6.07, 6.45) is 0.153. The Kier molecular flexibility index (Phi) is 3.70. The van der Waals surface area contributed by atoms with Crippen LogP contribution in [-0.2, 0) is 21.4 Å². The highest BCUT2D eigenvalue weighted by molar-refractivity contribution is 7.90. The van der Waals surface area contributed by atoms with Crippen molar-refractivity contribution in [1.82, 2.24) is 4.31 Å². The molecule has 0 fully saturated rings. The Morgan fingerprint density at radius 2 is 2.05 bits per heavy atom. The standard InChI is InChI=1S/C12H16FN3O3S/c1-4-16-11-7-9(13)10(5-8(11)6-12(16)17)14-20(18,19)15(2)3/h5,7,14H,4,6H2,1-3H3. The zero-order valence-electron chi connectivity index (χ0n) is 11.5. The molecular formula is C12H16FN3O3S. The number of hydrogen-bond donors (Lipinski definition) is 1. The average Bonchev–Trinajstić information content (AvgIpc) is 2.64. The SMILES string of the molecule is CCN1C(=O)Cc2cc(NS(=O)(=O)N(C)C)c(F)cc21. The third-order valence-corrected chi connectivity index (χ3v) is 4.58. The summed E-state index contributed by atoms with van der Waals surface area (Å²) in [6, 6.07) is 2.57. The molecule has 6 nitrogen and oxygen atoms in total. The summed E-state index contributed by atoms with van der Waals surface area (Å²) in [5.74, 6) is -0.822. The van der Waals surface area contributed by atoms with Crippen molar-refractivity contribution in [2.24, 2.45) is 0 Å². The predicted molar refractivity (Wildman–Crippen MR) is 74.4 cm³/mol. The van der Waals surface area contributed by atoms with Crippen LogP contribution >= 0.6 is 0 Å². The number of nitrogens with one attached hydrogen (secondary N) is 1. The molecule has 0 radical (unpaired) electrons. The van der Waals surface area contributed by atoms with Gasteiger partial charge in [-0.2, -0.15) is 12.7 Å². The van der Waals surface area contributed by atoms with E-state index < -0.39 is 16.0 Å². The lowest BCUT2D eigenvalue weighted by atomic mass is 10.1. The van der Waals surface area contributed by atoms with Gasteiger partial charge in [-0.15, -0.1) is 0 Å². The van der Waals surface area contributed by atoms with Crippen LogP contribution in [0.3, 0.4) is 0 Å². The van der Waals surface area contributed by atoms with Crippen LogP contribution in [-0.4, -0.2) is 39.3 Å². The molecule has 20 heavy (non-hydrogen) atoms. The third-order valence-electron chi connectivity index (χ3n) is 3.14. The van der Waals surface area contributed by atoms with Crippen LogP contribution in [0.1, 0.15) is 12.5 Å². The number of halogens is 1. The second-order valence-corrected chi connectivity index (χ2v) is 6.55. The minimum atomic E-state index is -3.78. The van der Waals surface area contributed by atoms with E-state index in [1.165, 1.54) is 31.1 Å². The second kappa shape index (κ2) is 5.02. The molecule has 1 aliphatic rings. The second-order valence-electron chi connectivity index (χ2n) is 4.67. The van der Waals surface area contributed by atoms with E-state index >= 15 is 0 Å². The number of carbonyl (C=O) groups is 1. The van der Waals surface area contributed by atoms with Gasteiger partial charge in [-0.05, 0) is 18.6 Å². The van der Waals surface area contributed by atoms with Crippen LogP contribution in [0, 0.1) is 5.82 Å². The monoisotopic (exact) mass is 301 g/mol. The number of amides is 1. The summed E-state index contributed by atoms with van der Waals surface area (Å²) in [4.78, 5) is 13.2. The van der Waals surface area contributed by atoms with Crippen molar-refractivity contribution >= 4 is 27.5 Å². The molecule has 0 aromatic heterocycles. The minimum absolute atomic E-state index is 0.116. The van der Waals surface area contributed by atoms with Crippen LogP contribution in [0.5, 0.6) is 0 Å². The number of likely N-dealkylation sites (N-methyl/N-ethyl adjacent to an activating group) is 1. The molecule has 0 saturated carbocycles. The van der Waals surface area contributed by atoms with Crippen LogP contribution in [0.4, 0.5) is 15.8 Å². The van der Waals surface area contributed by atoms with Crippen LogP contribution in [0.25, 0.3) is 0 Å². The highest BCUT2D eigenvalue weighted by Crippen LogP contribution is 2.33. The van der Waals surface area contributed by atoms with E-state index in [-0.39, 0.29) is 18.0 Å². The van der Waals surface area contributed by atoms with Gasteiger partial charge in [0.05, 0.1) is 17.8 Å². The molecule has 2 rings (SSSR count). The first kappa shape index (κ1) is 14.7. The lowest BCUT2D eigenvalue weighted by Gasteiger charge is -2.17. The highest BCUT2D eigenvalue weighted by Gasteiger charge is 2.28. The average molecular weight is 301 g/mol. The molecule has 0 unspecified atom stereocenters. The molecule has 8 heteroatoms. The molecule has 1 aromatic carbocycles. The lowest BCUT2D eigenvalue weighted by Crippen LogP contribution is -2.29. The van der Waals surface area contributed by atoms with Gasteiger partial charge >= 0.3 is 10.2 Å². The van der Waals surface area contributed by atoms with Crippen molar-refractivity contribution < 1.29 is 17.6 Å². The van der Waals surface area contributed by atoms with Gasteiger partial charge in [-0.1, -0.05) is 0 Å². The minimum Gasteiger partial charge on any atom is -0.312 e. The van der Waals surface area contributed by atoms with Crippen molar-refractivity contribution in [3.8, 4) is 0 Å². The highest BCUT2D eigenvalue weighted by atomic mass is 32.2. The van der Waals surface area contributed by atoms with E-state index in [2.05, 4.69) is 4.72 Å². The van der Waals surface area contributed by atoms with Gasteiger partial charge in [0.2, 0.25) is 5.91 Å². The topological polar surface area (TPSA) is 69.7 Å². The van der Waals surface area contributed by atoms with Crippen molar-refractivity contribution in [2.45, 2.75) is 13.3 Å². The molecule has 1 amide bonds. The summed E-state index contributed by atoms with van der Waals surface area (Å²) in [7, 11) is -1.09. The fourth-order valence-corrected chi connectivity index (χ4v) is 2.67. The fourth-order valence-electron chi connectivity index (χ4n) is 2.05. The Labute approximate surface area is 117 Å². The van der Waals surface area contributed by atoms with Crippen molar-refractivity contribution in [3.63, 3.8) is 0 Å². The van der Waals surface area contributed by atoms with Gasteiger partial charge in [0, 0.05) is 26.7 Å². The van der Waals surface area contributed by atoms with Crippen molar-refractivity contribution in [2.75, 3.05) is 30.3 Å². The summed E-state index contributed by atoms with van der Waals surface area (Å²) in [5, 5.41) is 0. The number of rotatable bonds is 4. The number of anilines is 2. The maximum Gasteiger partial charge on any atom is 0.301 e. The smallest absolute Gasteiger partial charge is 0.301 e. The first-order valence-corrected chi connectivity index (χ1v) is 7.53.